The lowest BCUT2D eigenvalue weighted by Gasteiger charge is -2.18. The third-order valence-electron chi connectivity index (χ3n) is 3.55. The third-order valence-corrected chi connectivity index (χ3v) is 3.55. The Labute approximate surface area is 167 Å². The van der Waals surface area contributed by atoms with Crippen LogP contribution in [0.25, 0.3) is 0 Å². The minimum absolute atomic E-state index is 0. The zero-order valence-corrected chi connectivity index (χ0v) is 17.4. The summed E-state index contributed by atoms with van der Waals surface area (Å²) in [5, 5.41) is 10.8. The lowest BCUT2D eigenvalue weighted by molar-refractivity contribution is 0.224. The first-order valence-electron chi connectivity index (χ1n) is 8.32. The first-order chi connectivity index (χ1) is 11.7. The molecular formula is C18H28IN5O. The molecule has 25 heavy (non-hydrogen) atoms. The molecule has 2 aromatic rings. The molecule has 0 radical (unpaired) electrons. The van der Waals surface area contributed by atoms with Crippen molar-refractivity contribution >= 4 is 29.9 Å². The second kappa shape index (κ2) is 11.7. The summed E-state index contributed by atoms with van der Waals surface area (Å²) in [5.74, 6) is 1.67. The molecule has 0 fully saturated rings. The highest BCUT2D eigenvalue weighted by atomic mass is 127. The van der Waals surface area contributed by atoms with Crippen molar-refractivity contribution in [2.75, 3.05) is 20.1 Å². The van der Waals surface area contributed by atoms with Gasteiger partial charge in [0.05, 0.1) is 6.54 Å². The Morgan fingerprint density at radius 2 is 2.04 bits per heavy atom. The number of benzene rings is 1. The molecule has 0 saturated carbocycles. The maximum atomic E-state index is 5.88. The number of nitrogens with one attached hydrogen (secondary N) is 2. The van der Waals surface area contributed by atoms with Crippen molar-refractivity contribution < 1.29 is 4.74 Å². The number of aromatic nitrogens is 2. The fourth-order valence-electron chi connectivity index (χ4n) is 2.23. The highest BCUT2D eigenvalue weighted by Gasteiger charge is 2.05. The average molecular weight is 457 g/mol. The molecule has 2 rings (SSSR count). The SMILES string of the molecule is CN=C(NCCCn1cccn1)NCC(C)Oc1ccc(C)cc1.I. The predicted molar refractivity (Wildman–Crippen MR) is 113 cm³/mol. The van der Waals surface area contributed by atoms with Crippen LogP contribution in [0.5, 0.6) is 5.75 Å². The summed E-state index contributed by atoms with van der Waals surface area (Å²) in [6.45, 7) is 6.53. The van der Waals surface area contributed by atoms with Crippen molar-refractivity contribution in [2.45, 2.75) is 32.9 Å². The molecule has 1 unspecified atom stereocenters. The summed E-state index contributed by atoms with van der Waals surface area (Å²) in [6, 6.07) is 10.0. The summed E-state index contributed by atoms with van der Waals surface area (Å²) in [6.07, 6.45) is 4.80. The summed E-state index contributed by atoms with van der Waals surface area (Å²) >= 11 is 0. The Morgan fingerprint density at radius 3 is 2.68 bits per heavy atom. The minimum atomic E-state index is 0. The summed E-state index contributed by atoms with van der Waals surface area (Å²) in [7, 11) is 1.77. The molecule has 2 N–H and O–H groups in total. The molecular weight excluding hydrogens is 429 g/mol. The molecule has 6 nitrogen and oxygen atoms in total. The Balaban J connectivity index is 0.00000312. The lowest BCUT2D eigenvalue weighted by Crippen LogP contribution is -2.42. The molecule has 0 aliphatic heterocycles. The molecule has 7 heteroatoms. The molecule has 1 heterocycles. The Morgan fingerprint density at radius 1 is 1.28 bits per heavy atom. The lowest BCUT2D eigenvalue weighted by atomic mass is 10.2. The molecule has 0 aliphatic rings. The second-order valence-corrected chi connectivity index (χ2v) is 5.74. The van der Waals surface area contributed by atoms with Gasteiger partial charge in [0.25, 0.3) is 0 Å². The van der Waals surface area contributed by atoms with Crippen LogP contribution < -0.4 is 15.4 Å². The maximum absolute atomic E-state index is 5.88. The quantitative estimate of drug-likeness (QED) is 0.277. The number of aryl methyl sites for hydroxylation is 2. The van der Waals surface area contributed by atoms with Crippen molar-refractivity contribution in [1.29, 1.82) is 0 Å². The van der Waals surface area contributed by atoms with Gasteiger partial charge < -0.3 is 15.4 Å². The van der Waals surface area contributed by atoms with Gasteiger partial charge in [-0.05, 0) is 38.5 Å². The first kappa shape index (κ1) is 21.3. The van der Waals surface area contributed by atoms with E-state index in [9.17, 15) is 0 Å². The standard InChI is InChI=1S/C18H27N5O.HI/c1-15-6-8-17(9-7-15)24-16(2)14-21-18(19-3)20-10-4-12-23-13-5-11-22-23;/h5-9,11,13,16H,4,10,12,14H2,1-3H3,(H2,19,20,21);1H. The van der Waals surface area contributed by atoms with Gasteiger partial charge in [-0.15, -0.1) is 24.0 Å². The van der Waals surface area contributed by atoms with E-state index in [0.717, 1.165) is 31.2 Å². The van der Waals surface area contributed by atoms with E-state index in [0.29, 0.717) is 6.54 Å². The Hall–Kier alpha value is -1.77. The average Bonchev–Trinajstić information content (AvgIpc) is 3.10. The van der Waals surface area contributed by atoms with Crippen LogP contribution >= 0.6 is 24.0 Å². The van der Waals surface area contributed by atoms with Crippen molar-refractivity contribution in [3.63, 3.8) is 0 Å². The minimum Gasteiger partial charge on any atom is -0.489 e. The van der Waals surface area contributed by atoms with Crippen LogP contribution in [0.2, 0.25) is 0 Å². The highest BCUT2D eigenvalue weighted by Crippen LogP contribution is 2.12. The van der Waals surface area contributed by atoms with Gasteiger partial charge in [0, 0.05) is 32.5 Å². The molecule has 1 atom stereocenters. The Kier molecular flexibility index (Phi) is 9.98. The molecule has 1 aromatic heterocycles. The van der Waals surface area contributed by atoms with Crippen molar-refractivity contribution in [2.24, 2.45) is 4.99 Å². The third kappa shape index (κ3) is 8.24. The number of nitrogens with zero attached hydrogens (tertiary/aromatic N) is 3. The fourth-order valence-corrected chi connectivity index (χ4v) is 2.23. The van der Waals surface area contributed by atoms with Gasteiger partial charge in [-0.1, -0.05) is 17.7 Å². The number of ether oxygens (including phenoxy) is 1. The maximum Gasteiger partial charge on any atom is 0.191 e. The zero-order chi connectivity index (χ0) is 17.2. The van der Waals surface area contributed by atoms with Crippen LogP contribution in [-0.2, 0) is 6.54 Å². The fraction of sp³-hybridized carbons (Fsp3) is 0.444. The van der Waals surface area contributed by atoms with E-state index < -0.39 is 0 Å². The van der Waals surface area contributed by atoms with Gasteiger partial charge in [0.15, 0.2) is 5.96 Å². The molecule has 0 aliphatic carbocycles. The van der Waals surface area contributed by atoms with Gasteiger partial charge in [-0.25, -0.2) is 0 Å². The normalized spacial score (nSPS) is 12.2. The monoisotopic (exact) mass is 457 g/mol. The number of rotatable bonds is 8. The topological polar surface area (TPSA) is 63.5 Å². The van der Waals surface area contributed by atoms with E-state index >= 15 is 0 Å². The number of halogens is 1. The second-order valence-electron chi connectivity index (χ2n) is 5.74. The van der Waals surface area contributed by atoms with E-state index in [1.807, 2.05) is 36.0 Å². The smallest absolute Gasteiger partial charge is 0.191 e. The summed E-state index contributed by atoms with van der Waals surface area (Å²) in [4.78, 5) is 4.23. The van der Waals surface area contributed by atoms with E-state index in [1.165, 1.54) is 5.56 Å². The number of guanidine groups is 1. The largest absolute Gasteiger partial charge is 0.489 e. The predicted octanol–water partition coefficient (Wildman–Crippen LogP) is 2.83. The molecule has 0 spiro atoms. The van der Waals surface area contributed by atoms with Crippen molar-refractivity contribution in [3.8, 4) is 5.75 Å². The van der Waals surface area contributed by atoms with Crippen LogP contribution in [0.3, 0.4) is 0 Å². The van der Waals surface area contributed by atoms with Gasteiger partial charge in [0.1, 0.15) is 11.9 Å². The molecule has 0 amide bonds. The summed E-state index contributed by atoms with van der Waals surface area (Å²) < 4.78 is 7.81. The molecule has 138 valence electrons. The number of hydrogen-bond donors (Lipinski definition) is 2. The molecule has 0 saturated heterocycles. The van der Waals surface area contributed by atoms with Crippen LogP contribution in [0, 0.1) is 6.92 Å². The van der Waals surface area contributed by atoms with Gasteiger partial charge in [0.2, 0.25) is 0 Å². The van der Waals surface area contributed by atoms with Gasteiger partial charge in [-0.2, -0.15) is 5.10 Å². The van der Waals surface area contributed by atoms with E-state index in [-0.39, 0.29) is 30.1 Å². The summed E-state index contributed by atoms with van der Waals surface area (Å²) in [5.41, 5.74) is 1.23. The van der Waals surface area contributed by atoms with Gasteiger partial charge in [-0.3, -0.25) is 9.67 Å². The van der Waals surface area contributed by atoms with Crippen LogP contribution in [-0.4, -0.2) is 42.0 Å². The van der Waals surface area contributed by atoms with Crippen LogP contribution in [0.15, 0.2) is 47.7 Å². The van der Waals surface area contributed by atoms with Crippen molar-refractivity contribution in [1.82, 2.24) is 20.4 Å². The van der Waals surface area contributed by atoms with Gasteiger partial charge >= 0.3 is 0 Å². The molecule has 0 bridgehead atoms. The van der Waals surface area contributed by atoms with E-state index in [4.69, 9.17) is 4.74 Å². The van der Waals surface area contributed by atoms with Crippen molar-refractivity contribution in [3.05, 3.63) is 48.3 Å². The molecule has 1 aromatic carbocycles. The Bertz CT molecular complexity index is 613. The van der Waals surface area contributed by atoms with Crippen LogP contribution in [0.4, 0.5) is 0 Å². The highest BCUT2D eigenvalue weighted by molar-refractivity contribution is 14.0. The van der Waals surface area contributed by atoms with Crippen LogP contribution in [0.1, 0.15) is 18.9 Å². The zero-order valence-electron chi connectivity index (χ0n) is 15.1. The number of hydrogen-bond acceptors (Lipinski definition) is 3. The van der Waals surface area contributed by atoms with E-state index in [1.54, 1.807) is 13.2 Å². The van der Waals surface area contributed by atoms with E-state index in [2.05, 4.69) is 39.8 Å². The first-order valence-corrected chi connectivity index (χ1v) is 8.32. The number of aliphatic imine (C=N–C) groups is 1.